The van der Waals surface area contributed by atoms with E-state index in [0.717, 1.165) is 55.8 Å². The van der Waals surface area contributed by atoms with Gasteiger partial charge in [0.15, 0.2) is 5.82 Å². The van der Waals surface area contributed by atoms with Crippen LogP contribution in [0.2, 0.25) is 0 Å². The average molecular weight is 441 g/mol. The highest BCUT2D eigenvalue weighted by atomic mass is 16.5. The Balaban J connectivity index is 1.14. The highest BCUT2D eigenvalue weighted by molar-refractivity contribution is 5.76. The molecule has 6 aliphatic rings. The molecule has 2 aliphatic heterocycles. The molecule has 3 heterocycles. The van der Waals surface area contributed by atoms with Crippen LogP contribution in [0.3, 0.4) is 0 Å². The van der Waals surface area contributed by atoms with Gasteiger partial charge in [0.1, 0.15) is 0 Å². The molecular formula is C24H36N6O2. The summed E-state index contributed by atoms with van der Waals surface area (Å²) in [4.78, 5) is 31.7. The van der Waals surface area contributed by atoms with Crippen molar-refractivity contribution in [3.8, 4) is 0 Å². The van der Waals surface area contributed by atoms with Crippen LogP contribution in [0.25, 0.3) is 0 Å². The summed E-state index contributed by atoms with van der Waals surface area (Å²) in [6.07, 6.45) is 11.1. The van der Waals surface area contributed by atoms with Gasteiger partial charge in [-0.3, -0.25) is 4.79 Å². The number of ether oxygens (including phenoxy) is 1. The normalized spacial score (nSPS) is 33.7. The van der Waals surface area contributed by atoms with Gasteiger partial charge in [-0.1, -0.05) is 0 Å². The van der Waals surface area contributed by atoms with Crippen LogP contribution in [-0.2, 0) is 16.1 Å². The largest absolute Gasteiger partial charge is 0.378 e. The minimum atomic E-state index is 0.169. The predicted molar refractivity (Wildman–Crippen MR) is 121 cm³/mol. The Kier molecular flexibility index (Phi) is 5.44. The van der Waals surface area contributed by atoms with Gasteiger partial charge in [-0.25, -0.2) is 0 Å². The van der Waals surface area contributed by atoms with E-state index in [1.54, 1.807) is 0 Å². The molecule has 1 amide bonds. The summed E-state index contributed by atoms with van der Waals surface area (Å²) in [5.41, 5.74) is 0.262. The Morgan fingerprint density at radius 3 is 2.03 bits per heavy atom. The summed E-state index contributed by atoms with van der Waals surface area (Å²) in [6, 6.07) is 0. The fourth-order valence-corrected chi connectivity index (χ4v) is 7.52. The third kappa shape index (κ3) is 4.18. The molecule has 0 atom stereocenters. The van der Waals surface area contributed by atoms with Crippen LogP contribution in [-0.4, -0.2) is 60.3 Å². The van der Waals surface area contributed by atoms with Crippen LogP contribution < -0.4 is 15.1 Å². The highest BCUT2D eigenvalue weighted by Gasteiger charge is 2.51. The number of morpholine rings is 1. The van der Waals surface area contributed by atoms with E-state index in [1.807, 2.05) is 0 Å². The van der Waals surface area contributed by atoms with Gasteiger partial charge >= 0.3 is 0 Å². The van der Waals surface area contributed by atoms with Gasteiger partial charge in [-0.15, -0.1) is 0 Å². The molecule has 4 aliphatic carbocycles. The lowest BCUT2D eigenvalue weighted by molar-refractivity contribution is -0.129. The van der Waals surface area contributed by atoms with Crippen molar-refractivity contribution in [3.05, 3.63) is 5.82 Å². The van der Waals surface area contributed by atoms with E-state index in [9.17, 15) is 4.79 Å². The predicted octanol–water partition coefficient (Wildman–Crippen LogP) is 2.53. The van der Waals surface area contributed by atoms with Crippen molar-refractivity contribution in [2.45, 2.75) is 64.3 Å². The maximum Gasteiger partial charge on any atom is 0.230 e. The molecule has 174 valence electrons. The molecule has 32 heavy (non-hydrogen) atoms. The second kappa shape index (κ2) is 8.43. The zero-order valence-electron chi connectivity index (χ0n) is 19.1. The van der Waals surface area contributed by atoms with Gasteiger partial charge < -0.3 is 19.9 Å². The van der Waals surface area contributed by atoms with Crippen molar-refractivity contribution >= 4 is 17.8 Å². The van der Waals surface area contributed by atoms with Crippen molar-refractivity contribution in [2.24, 2.45) is 23.2 Å². The molecule has 1 N–H and O–H groups in total. The maximum absolute atomic E-state index is 13.0. The van der Waals surface area contributed by atoms with Crippen LogP contribution in [0.5, 0.6) is 0 Å². The monoisotopic (exact) mass is 440 g/mol. The Morgan fingerprint density at radius 2 is 1.44 bits per heavy atom. The lowest BCUT2D eigenvalue weighted by Gasteiger charge is -2.56. The van der Waals surface area contributed by atoms with Gasteiger partial charge in [-0.2, -0.15) is 15.0 Å². The minimum absolute atomic E-state index is 0.169. The smallest absolute Gasteiger partial charge is 0.230 e. The fourth-order valence-electron chi connectivity index (χ4n) is 7.52. The van der Waals surface area contributed by atoms with Gasteiger partial charge in [0.05, 0.1) is 19.8 Å². The van der Waals surface area contributed by atoms with Crippen LogP contribution in [0.15, 0.2) is 0 Å². The van der Waals surface area contributed by atoms with E-state index < -0.39 is 0 Å². The lowest BCUT2D eigenvalue weighted by atomic mass is 9.49. The molecule has 2 saturated heterocycles. The second-order valence-corrected chi connectivity index (χ2v) is 11.0. The van der Waals surface area contributed by atoms with E-state index in [4.69, 9.17) is 19.7 Å². The van der Waals surface area contributed by atoms with Crippen molar-refractivity contribution in [3.63, 3.8) is 0 Å². The fraction of sp³-hybridized carbons (Fsp3) is 0.833. The van der Waals surface area contributed by atoms with Gasteiger partial charge in [0.25, 0.3) is 0 Å². The first-order chi connectivity index (χ1) is 15.6. The summed E-state index contributed by atoms with van der Waals surface area (Å²) in [6.45, 7) is 5.34. The molecule has 0 aromatic carbocycles. The summed E-state index contributed by atoms with van der Waals surface area (Å²) in [5, 5.41) is 3.17. The van der Waals surface area contributed by atoms with E-state index in [1.165, 1.54) is 51.4 Å². The summed E-state index contributed by atoms with van der Waals surface area (Å²) < 4.78 is 5.50. The van der Waals surface area contributed by atoms with Crippen LogP contribution in [0, 0.1) is 23.2 Å². The van der Waals surface area contributed by atoms with Gasteiger partial charge in [-0.05, 0) is 74.5 Å². The number of nitrogens with zero attached hydrogens (tertiary/aromatic N) is 5. The number of aromatic nitrogens is 3. The Hall–Kier alpha value is -1.96. The zero-order valence-corrected chi connectivity index (χ0v) is 19.1. The number of carbonyl (C=O) groups is 1. The molecule has 0 spiro atoms. The second-order valence-electron chi connectivity index (χ2n) is 11.0. The summed E-state index contributed by atoms with van der Waals surface area (Å²) in [7, 11) is 0. The molecule has 4 bridgehead atoms. The molecule has 4 saturated carbocycles. The third-order valence-electron chi connectivity index (χ3n) is 8.49. The first-order valence-corrected chi connectivity index (χ1v) is 12.7. The van der Waals surface area contributed by atoms with E-state index in [0.29, 0.717) is 32.0 Å². The summed E-state index contributed by atoms with van der Waals surface area (Å²) in [5.74, 6) is 4.93. The van der Waals surface area contributed by atoms with Gasteiger partial charge in [0.2, 0.25) is 17.8 Å². The maximum atomic E-state index is 13.0. The number of nitrogens with one attached hydrogen (secondary N) is 1. The van der Waals surface area contributed by atoms with Crippen molar-refractivity contribution in [1.82, 2.24) is 20.3 Å². The molecule has 6 fully saturated rings. The molecule has 8 heteroatoms. The molecule has 8 nitrogen and oxygen atoms in total. The Labute approximate surface area is 190 Å². The Bertz CT molecular complexity index is 814. The zero-order chi connectivity index (χ0) is 21.5. The SMILES string of the molecule is O=C(CC12CC3CC(CC(C3)C1)C2)NCc1nc(N2CCCC2)nc(N2CCOCC2)n1. The number of anilines is 2. The molecule has 0 radical (unpaired) electrons. The third-order valence-corrected chi connectivity index (χ3v) is 8.49. The first-order valence-electron chi connectivity index (χ1n) is 12.7. The van der Waals surface area contributed by atoms with Crippen LogP contribution >= 0.6 is 0 Å². The topological polar surface area (TPSA) is 83.5 Å². The first kappa shape index (κ1) is 20.6. The molecule has 1 aromatic heterocycles. The van der Waals surface area contributed by atoms with E-state index in [2.05, 4.69) is 15.1 Å². The van der Waals surface area contributed by atoms with E-state index in [-0.39, 0.29) is 11.3 Å². The molecule has 7 rings (SSSR count). The quantitative estimate of drug-likeness (QED) is 0.728. The minimum Gasteiger partial charge on any atom is -0.378 e. The number of hydrogen-bond donors (Lipinski definition) is 1. The average Bonchev–Trinajstić information content (AvgIpc) is 3.32. The van der Waals surface area contributed by atoms with Crippen molar-refractivity contribution in [1.29, 1.82) is 0 Å². The highest BCUT2D eigenvalue weighted by Crippen LogP contribution is 2.61. The summed E-state index contributed by atoms with van der Waals surface area (Å²) >= 11 is 0. The molecular weight excluding hydrogens is 404 g/mol. The molecule has 1 aromatic rings. The number of hydrogen-bond acceptors (Lipinski definition) is 7. The van der Waals surface area contributed by atoms with Crippen LogP contribution in [0.1, 0.15) is 63.6 Å². The van der Waals surface area contributed by atoms with Crippen LogP contribution in [0.4, 0.5) is 11.9 Å². The Morgan fingerprint density at radius 1 is 0.875 bits per heavy atom. The standard InChI is InChI=1S/C24H36N6O2/c31-21(15-24-12-17-9-18(13-24)11-19(10-17)14-24)25-16-20-26-22(29-3-1-2-4-29)28-23(27-20)30-5-7-32-8-6-30/h17-19H,1-16H2,(H,25,31). The van der Waals surface area contributed by atoms with Crippen molar-refractivity contribution < 1.29 is 9.53 Å². The van der Waals surface area contributed by atoms with E-state index >= 15 is 0 Å². The van der Waals surface area contributed by atoms with Gasteiger partial charge in [0, 0.05) is 32.6 Å². The number of rotatable bonds is 6. The number of amides is 1. The number of carbonyl (C=O) groups excluding carboxylic acids is 1. The van der Waals surface area contributed by atoms with Crippen molar-refractivity contribution in [2.75, 3.05) is 49.2 Å². The lowest BCUT2D eigenvalue weighted by Crippen LogP contribution is -2.48. The molecule has 0 unspecified atom stereocenters.